The Kier molecular flexibility index (Phi) is 5.29. The zero-order chi connectivity index (χ0) is 19.6. The summed E-state index contributed by atoms with van der Waals surface area (Å²) in [7, 11) is 1.03. The van der Waals surface area contributed by atoms with Crippen molar-refractivity contribution in [3.05, 3.63) is 36.4 Å². The molecule has 9 heteroatoms. The summed E-state index contributed by atoms with van der Waals surface area (Å²) in [6.45, 7) is 4.03. The smallest absolute Gasteiger partial charge is 0.182 e. The van der Waals surface area contributed by atoms with Crippen molar-refractivity contribution in [3.63, 3.8) is 0 Å². The molecule has 2 N–H and O–H groups in total. The zero-order valence-electron chi connectivity index (χ0n) is 16.2. The van der Waals surface area contributed by atoms with Crippen LogP contribution in [0, 0.1) is 5.82 Å². The molecule has 5 rings (SSSR count). The molecule has 0 spiro atoms. The fraction of sp³-hybridized carbons (Fsp3) is 0.450. The van der Waals surface area contributed by atoms with Crippen LogP contribution < -0.4 is 15.5 Å². The first-order valence-electron chi connectivity index (χ1n) is 10.2. The van der Waals surface area contributed by atoms with Gasteiger partial charge in [0.25, 0.3) is 0 Å². The highest BCUT2D eigenvalue weighted by Crippen LogP contribution is 2.27. The molecule has 7 nitrogen and oxygen atoms in total. The molecule has 2 fully saturated rings. The monoisotopic (exact) mass is 413 g/mol. The molecule has 2 aliphatic heterocycles. The van der Waals surface area contributed by atoms with E-state index in [1.807, 2.05) is 0 Å². The molecule has 0 aliphatic carbocycles. The van der Waals surface area contributed by atoms with E-state index in [1.165, 1.54) is 24.6 Å². The van der Waals surface area contributed by atoms with Crippen LogP contribution in [0.5, 0.6) is 0 Å². The average Bonchev–Trinajstić information content (AvgIpc) is 3.18. The largest absolute Gasteiger partial charge is 0.366 e. The summed E-state index contributed by atoms with van der Waals surface area (Å²) in [5.74, 6) is 2.01. The molecule has 152 valence electrons. The van der Waals surface area contributed by atoms with Gasteiger partial charge in [0.05, 0.1) is 6.20 Å². The van der Waals surface area contributed by atoms with Crippen molar-refractivity contribution < 1.29 is 4.39 Å². The van der Waals surface area contributed by atoms with Crippen molar-refractivity contribution >= 4 is 25.9 Å². The Hall–Kier alpha value is -2.31. The van der Waals surface area contributed by atoms with Crippen LogP contribution in [0.15, 0.2) is 30.6 Å². The maximum atomic E-state index is 13.9. The number of nitrogens with zero attached hydrogens (tertiary/aromatic N) is 5. The lowest BCUT2D eigenvalue weighted by Crippen LogP contribution is -2.38. The molecular weight excluding hydrogens is 388 g/mol. The quantitative estimate of drug-likeness (QED) is 0.641. The molecule has 0 bridgehead atoms. The van der Waals surface area contributed by atoms with Crippen LogP contribution in [0.4, 0.5) is 16.0 Å². The van der Waals surface area contributed by atoms with Gasteiger partial charge in [-0.15, -0.1) is 8.58 Å². The van der Waals surface area contributed by atoms with Crippen molar-refractivity contribution in [1.29, 1.82) is 0 Å². The Labute approximate surface area is 170 Å². The van der Waals surface area contributed by atoms with Gasteiger partial charge >= 0.3 is 0 Å². The fourth-order valence-corrected chi connectivity index (χ4v) is 5.09. The van der Waals surface area contributed by atoms with Crippen molar-refractivity contribution in [2.24, 2.45) is 0 Å². The fourth-order valence-electron chi connectivity index (χ4n) is 3.98. The van der Waals surface area contributed by atoms with Crippen LogP contribution in [-0.2, 0) is 0 Å². The second kappa shape index (κ2) is 8.20. The molecule has 0 aromatic carbocycles. The van der Waals surface area contributed by atoms with Crippen molar-refractivity contribution in [2.45, 2.75) is 18.9 Å². The summed E-state index contributed by atoms with van der Waals surface area (Å²) in [4.78, 5) is 16.4. The molecule has 1 atom stereocenters. The molecule has 0 amide bonds. The topological polar surface area (TPSA) is 70.4 Å². The Morgan fingerprint density at radius 2 is 2.10 bits per heavy atom. The third-order valence-corrected chi connectivity index (χ3v) is 6.66. The molecule has 0 radical (unpaired) electrons. The Bertz CT molecular complexity index is 996. The first-order valence-corrected chi connectivity index (χ1v) is 11.6. The second-order valence-electron chi connectivity index (χ2n) is 7.58. The summed E-state index contributed by atoms with van der Waals surface area (Å²) in [5, 5.41) is 7.01. The molecule has 3 aromatic rings. The number of piperidine rings is 1. The average molecular weight is 413 g/mol. The number of hydrogen-bond donors (Lipinski definition) is 2. The number of fused-ring (bicyclic) bond motifs is 1. The summed E-state index contributed by atoms with van der Waals surface area (Å²) in [6.07, 6.45) is 7.84. The second-order valence-corrected chi connectivity index (χ2v) is 9.08. The number of hydrogen-bond acceptors (Lipinski definition) is 6. The SMILES string of the molecule is Fc1ccc2ncc(-c3nc(NC4CCCNC4)cc(N4CCPCC4)n3)n2c1. The van der Waals surface area contributed by atoms with E-state index < -0.39 is 0 Å². The first kappa shape index (κ1) is 18.7. The number of imidazole rings is 1. The lowest BCUT2D eigenvalue weighted by Gasteiger charge is -2.29. The van der Waals surface area contributed by atoms with Gasteiger partial charge in [0, 0.05) is 37.9 Å². The third kappa shape index (κ3) is 4.05. The molecule has 1 unspecified atom stereocenters. The zero-order valence-corrected chi connectivity index (χ0v) is 17.2. The van der Waals surface area contributed by atoms with E-state index in [-0.39, 0.29) is 5.82 Å². The lowest BCUT2D eigenvalue weighted by molar-refractivity contribution is 0.479. The number of nitrogens with one attached hydrogen (secondary N) is 2. The van der Waals surface area contributed by atoms with Crippen LogP contribution in [-0.4, -0.2) is 63.9 Å². The normalized spacial score (nSPS) is 20.2. The van der Waals surface area contributed by atoms with E-state index in [0.717, 1.165) is 59.2 Å². The summed E-state index contributed by atoms with van der Waals surface area (Å²) >= 11 is 0. The van der Waals surface area contributed by atoms with E-state index in [1.54, 1.807) is 16.7 Å². The van der Waals surface area contributed by atoms with Gasteiger partial charge < -0.3 is 15.5 Å². The van der Waals surface area contributed by atoms with Gasteiger partial charge in [-0.1, -0.05) is 0 Å². The predicted molar refractivity (Wildman–Crippen MR) is 116 cm³/mol. The van der Waals surface area contributed by atoms with E-state index in [0.29, 0.717) is 23.2 Å². The van der Waals surface area contributed by atoms with Crippen molar-refractivity contribution in [3.8, 4) is 11.5 Å². The summed E-state index contributed by atoms with van der Waals surface area (Å²) < 4.78 is 15.6. The van der Waals surface area contributed by atoms with E-state index >= 15 is 0 Å². The standard InChI is InChI=1S/C20H25FN7P/c21-14-3-4-18-23-12-16(28(18)13-14)20-25-17(24-15-2-1-5-22-11-15)10-19(26-20)27-6-8-29-9-7-27/h3-4,10,12-13,15,22,29H,1-2,5-9,11H2,(H,24,25,26). The molecule has 29 heavy (non-hydrogen) atoms. The van der Waals surface area contributed by atoms with Gasteiger partial charge in [-0.25, -0.2) is 19.3 Å². The van der Waals surface area contributed by atoms with Crippen LogP contribution in [0.3, 0.4) is 0 Å². The number of halogens is 1. The van der Waals surface area contributed by atoms with Crippen molar-refractivity contribution in [2.75, 3.05) is 48.7 Å². The minimum Gasteiger partial charge on any atom is -0.366 e. The van der Waals surface area contributed by atoms with Gasteiger partial charge in [-0.2, -0.15) is 0 Å². The van der Waals surface area contributed by atoms with E-state index in [2.05, 4.69) is 26.6 Å². The molecule has 2 aliphatic rings. The predicted octanol–water partition coefficient (Wildman–Crippen LogP) is 2.59. The first-order chi connectivity index (χ1) is 14.3. The lowest BCUT2D eigenvalue weighted by atomic mass is 10.1. The van der Waals surface area contributed by atoms with E-state index in [9.17, 15) is 4.39 Å². The number of rotatable bonds is 4. The maximum Gasteiger partial charge on any atom is 0.182 e. The van der Waals surface area contributed by atoms with Crippen LogP contribution in [0.1, 0.15) is 12.8 Å². The van der Waals surface area contributed by atoms with Gasteiger partial charge in [-0.3, -0.25) is 4.40 Å². The molecular formula is C20H25FN7P. The molecule has 0 saturated carbocycles. The highest BCUT2D eigenvalue weighted by atomic mass is 31.1. The minimum atomic E-state index is -0.309. The molecule has 2 saturated heterocycles. The van der Waals surface area contributed by atoms with Gasteiger partial charge in [-0.05, 0) is 43.8 Å². The van der Waals surface area contributed by atoms with Crippen molar-refractivity contribution in [1.82, 2.24) is 24.7 Å². The van der Waals surface area contributed by atoms with Gasteiger partial charge in [0.15, 0.2) is 5.82 Å². The number of anilines is 2. The Morgan fingerprint density at radius 1 is 1.21 bits per heavy atom. The summed E-state index contributed by atoms with van der Waals surface area (Å²) in [5.41, 5.74) is 1.38. The summed E-state index contributed by atoms with van der Waals surface area (Å²) in [6, 6.07) is 5.49. The van der Waals surface area contributed by atoms with Crippen LogP contribution in [0.25, 0.3) is 17.2 Å². The van der Waals surface area contributed by atoms with Gasteiger partial charge in [0.2, 0.25) is 0 Å². The minimum absolute atomic E-state index is 0.309. The van der Waals surface area contributed by atoms with Gasteiger partial charge in [0.1, 0.15) is 28.8 Å². The van der Waals surface area contributed by atoms with E-state index in [4.69, 9.17) is 9.97 Å². The number of aromatic nitrogens is 4. The molecule has 5 heterocycles. The number of pyridine rings is 1. The maximum absolute atomic E-state index is 13.9. The Morgan fingerprint density at radius 3 is 2.93 bits per heavy atom. The molecule has 3 aromatic heterocycles. The highest BCUT2D eigenvalue weighted by Gasteiger charge is 2.19. The Balaban J connectivity index is 1.55. The third-order valence-electron chi connectivity index (χ3n) is 5.50. The highest BCUT2D eigenvalue weighted by molar-refractivity contribution is 7.38. The van der Waals surface area contributed by atoms with Crippen LogP contribution in [0.2, 0.25) is 0 Å². The van der Waals surface area contributed by atoms with Crippen LogP contribution >= 0.6 is 8.58 Å².